The highest BCUT2D eigenvalue weighted by atomic mass is 16.2. The van der Waals surface area contributed by atoms with E-state index in [1.54, 1.807) is 23.0 Å². The number of hydrogen-bond acceptors (Lipinski definition) is 3. The van der Waals surface area contributed by atoms with Crippen molar-refractivity contribution in [3.8, 4) is 0 Å². The summed E-state index contributed by atoms with van der Waals surface area (Å²) in [5, 5.41) is 4.09. The lowest BCUT2D eigenvalue weighted by atomic mass is 10.1. The van der Waals surface area contributed by atoms with Gasteiger partial charge in [-0.2, -0.15) is 5.10 Å². The maximum absolute atomic E-state index is 12.6. The van der Waals surface area contributed by atoms with Gasteiger partial charge in [0, 0.05) is 24.8 Å². The van der Waals surface area contributed by atoms with E-state index in [2.05, 4.69) is 17.0 Å². The van der Waals surface area contributed by atoms with Crippen LogP contribution in [0.2, 0.25) is 0 Å². The van der Waals surface area contributed by atoms with Crippen LogP contribution in [-0.2, 0) is 0 Å². The third-order valence-electron chi connectivity index (χ3n) is 3.79. The zero-order valence-corrected chi connectivity index (χ0v) is 11.1. The molecule has 0 aliphatic carbocycles. The van der Waals surface area contributed by atoms with Crippen LogP contribution in [0.1, 0.15) is 43.1 Å². The minimum Gasteiger partial charge on any atom is -0.335 e. The molecule has 1 fully saturated rings. The first-order valence-corrected chi connectivity index (χ1v) is 6.87. The Morgan fingerprint density at radius 2 is 2.21 bits per heavy atom. The number of rotatable bonds is 1. The fourth-order valence-corrected chi connectivity index (χ4v) is 2.66. The van der Waals surface area contributed by atoms with Gasteiger partial charge in [0.25, 0.3) is 5.91 Å². The van der Waals surface area contributed by atoms with Crippen molar-refractivity contribution in [1.29, 1.82) is 0 Å². The van der Waals surface area contributed by atoms with Gasteiger partial charge in [0.15, 0.2) is 5.65 Å². The smallest absolute Gasteiger partial charge is 0.272 e. The molecule has 1 saturated heterocycles. The summed E-state index contributed by atoms with van der Waals surface area (Å²) in [5.41, 5.74) is 1.23. The van der Waals surface area contributed by atoms with Crippen molar-refractivity contribution < 1.29 is 4.79 Å². The van der Waals surface area contributed by atoms with E-state index >= 15 is 0 Å². The number of nitrogens with zero attached hydrogens (tertiary/aromatic N) is 4. The van der Waals surface area contributed by atoms with E-state index in [0.29, 0.717) is 17.4 Å². The second kappa shape index (κ2) is 4.99. The predicted octanol–water partition coefficient (Wildman–Crippen LogP) is 2.13. The zero-order chi connectivity index (χ0) is 13.2. The van der Waals surface area contributed by atoms with Gasteiger partial charge in [-0.25, -0.2) is 9.50 Å². The molecule has 1 atom stereocenters. The lowest BCUT2D eigenvalue weighted by Gasteiger charge is -2.26. The SMILES string of the molecule is C[C@@H]1CCCCCN1C(=O)c1ccn2nccc2n1. The second-order valence-corrected chi connectivity index (χ2v) is 5.14. The van der Waals surface area contributed by atoms with Gasteiger partial charge in [0.05, 0.1) is 6.20 Å². The molecular formula is C14H18N4O. The van der Waals surface area contributed by atoms with Crippen molar-refractivity contribution in [2.24, 2.45) is 0 Å². The first kappa shape index (κ1) is 12.1. The Hall–Kier alpha value is -1.91. The molecule has 0 radical (unpaired) electrons. The minimum absolute atomic E-state index is 0.0399. The van der Waals surface area contributed by atoms with Crippen LogP contribution in [0.5, 0.6) is 0 Å². The van der Waals surface area contributed by atoms with E-state index in [1.807, 2.05) is 11.0 Å². The Morgan fingerprint density at radius 1 is 1.32 bits per heavy atom. The predicted molar refractivity (Wildman–Crippen MR) is 72.0 cm³/mol. The molecule has 1 aliphatic rings. The maximum Gasteiger partial charge on any atom is 0.272 e. The highest BCUT2D eigenvalue weighted by Crippen LogP contribution is 2.18. The number of amides is 1. The fourth-order valence-electron chi connectivity index (χ4n) is 2.66. The molecule has 0 aromatic carbocycles. The van der Waals surface area contributed by atoms with E-state index in [1.165, 1.54) is 12.8 Å². The average molecular weight is 258 g/mol. The average Bonchev–Trinajstić information content (AvgIpc) is 2.79. The largest absolute Gasteiger partial charge is 0.335 e. The van der Waals surface area contributed by atoms with E-state index in [4.69, 9.17) is 0 Å². The van der Waals surface area contributed by atoms with Crippen LogP contribution in [0.15, 0.2) is 24.5 Å². The van der Waals surface area contributed by atoms with Gasteiger partial charge in [0.2, 0.25) is 0 Å². The van der Waals surface area contributed by atoms with Gasteiger partial charge in [-0.3, -0.25) is 4.79 Å². The molecule has 100 valence electrons. The molecule has 0 spiro atoms. The van der Waals surface area contributed by atoms with Gasteiger partial charge in [0.1, 0.15) is 5.69 Å². The monoisotopic (exact) mass is 258 g/mol. The summed E-state index contributed by atoms with van der Waals surface area (Å²) in [6, 6.07) is 3.86. The van der Waals surface area contributed by atoms with E-state index < -0.39 is 0 Å². The summed E-state index contributed by atoms with van der Waals surface area (Å²) < 4.78 is 1.67. The molecule has 1 aliphatic heterocycles. The molecular weight excluding hydrogens is 240 g/mol. The lowest BCUT2D eigenvalue weighted by molar-refractivity contribution is 0.0692. The summed E-state index contributed by atoms with van der Waals surface area (Å²) in [7, 11) is 0. The Morgan fingerprint density at radius 3 is 3.11 bits per heavy atom. The zero-order valence-electron chi connectivity index (χ0n) is 11.1. The van der Waals surface area contributed by atoms with Crippen molar-refractivity contribution in [2.75, 3.05) is 6.54 Å². The van der Waals surface area contributed by atoms with Gasteiger partial charge in [-0.05, 0) is 25.8 Å². The van der Waals surface area contributed by atoms with E-state index in [0.717, 1.165) is 19.4 Å². The Kier molecular flexibility index (Phi) is 3.19. The lowest BCUT2D eigenvalue weighted by Crippen LogP contribution is -2.38. The van der Waals surface area contributed by atoms with Gasteiger partial charge >= 0.3 is 0 Å². The molecule has 3 heterocycles. The number of aromatic nitrogens is 3. The fraction of sp³-hybridized carbons (Fsp3) is 0.500. The van der Waals surface area contributed by atoms with Crippen LogP contribution in [0.4, 0.5) is 0 Å². The Balaban J connectivity index is 1.88. The second-order valence-electron chi connectivity index (χ2n) is 5.14. The number of fused-ring (bicyclic) bond motifs is 1. The molecule has 1 amide bonds. The van der Waals surface area contributed by atoms with Crippen LogP contribution in [0, 0.1) is 0 Å². The van der Waals surface area contributed by atoms with Crippen molar-refractivity contribution in [2.45, 2.75) is 38.6 Å². The van der Waals surface area contributed by atoms with Gasteiger partial charge in [-0.1, -0.05) is 12.8 Å². The van der Waals surface area contributed by atoms with Gasteiger partial charge < -0.3 is 4.90 Å². The van der Waals surface area contributed by atoms with Crippen LogP contribution >= 0.6 is 0 Å². The summed E-state index contributed by atoms with van der Waals surface area (Å²) in [6.07, 6.45) is 8.07. The van der Waals surface area contributed by atoms with Crippen molar-refractivity contribution in [1.82, 2.24) is 19.5 Å². The molecule has 5 nitrogen and oxygen atoms in total. The summed E-state index contributed by atoms with van der Waals surface area (Å²) >= 11 is 0. The normalized spacial score (nSPS) is 20.5. The minimum atomic E-state index is 0.0399. The van der Waals surface area contributed by atoms with Crippen molar-refractivity contribution in [3.05, 3.63) is 30.2 Å². The van der Waals surface area contributed by atoms with Crippen molar-refractivity contribution >= 4 is 11.6 Å². The van der Waals surface area contributed by atoms with Crippen LogP contribution in [-0.4, -0.2) is 38.0 Å². The third-order valence-corrected chi connectivity index (χ3v) is 3.79. The van der Waals surface area contributed by atoms with E-state index in [9.17, 15) is 4.79 Å². The number of carbonyl (C=O) groups excluding carboxylic acids is 1. The Labute approximate surface area is 112 Å². The summed E-state index contributed by atoms with van der Waals surface area (Å²) in [5.74, 6) is 0.0399. The molecule has 0 saturated carbocycles. The molecule has 0 unspecified atom stereocenters. The maximum atomic E-state index is 12.6. The molecule has 5 heteroatoms. The van der Waals surface area contributed by atoms with Crippen LogP contribution in [0.25, 0.3) is 5.65 Å². The number of carbonyl (C=O) groups is 1. The van der Waals surface area contributed by atoms with E-state index in [-0.39, 0.29) is 5.91 Å². The first-order valence-electron chi connectivity index (χ1n) is 6.87. The topological polar surface area (TPSA) is 50.5 Å². The number of likely N-dealkylation sites (tertiary alicyclic amines) is 1. The van der Waals surface area contributed by atoms with Crippen LogP contribution < -0.4 is 0 Å². The Bertz CT molecular complexity index is 592. The highest BCUT2D eigenvalue weighted by Gasteiger charge is 2.24. The molecule has 0 N–H and O–H groups in total. The molecule has 2 aromatic heterocycles. The molecule has 0 bridgehead atoms. The van der Waals surface area contributed by atoms with Gasteiger partial charge in [-0.15, -0.1) is 0 Å². The molecule has 3 rings (SSSR count). The standard InChI is InChI=1S/C14H18N4O/c1-11-5-3-2-4-9-17(11)14(19)12-7-10-18-13(16-12)6-8-15-18/h6-8,10-11H,2-5,9H2,1H3/t11-/m1/s1. The van der Waals surface area contributed by atoms with Crippen LogP contribution in [0.3, 0.4) is 0 Å². The quantitative estimate of drug-likeness (QED) is 0.787. The summed E-state index contributed by atoms with van der Waals surface area (Å²) in [4.78, 5) is 18.9. The highest BCUT2D eigenvalue weighted by molar-refractivity contribution is 5.92. The third kappa shape index (κ3) is 2.32. The first-order chi connectivity index (χ1) is 9.25. The molecule has 2 aromatic rings. The summed E-state index contributed by atoms with van der Waals surface area (Å²) in [6.45, 7) is 2.96. The molecule has 19 heavy (non-hydrogen) atoms. The van der Waals surface area contributed by atoms with Crippen molar-refractivity contribution in [3.63, 3.8) is 0 Å². The number of hydrogen-bond donors (Lipinski definition) is 0.